The van der Waals surface area contributed by atoms with Gasteiger partial charge in [-0.25, -0.2) is 0 Å². The molecule has 1 atom stereocenters. The van der Waals surface area contributed by atoms with Gasteiger partial charge in [-0.15, -0.1) is 0 Å². The van der Waals surface area contributed by atoms with Crippen LogP contribution < -0.4 is 10.6 Å². The molecule has 22 heavy (non-hydrogen) atoms. The van der Waals surface area contributed by atoms with Crippen LogP contribution >= 0.6 is 23.4 Å². The second-order valence-corrected chi connectivity index (χ2v) is 6.59. The molecule has 122 valence electrons. The normalized spacial score (nSPS) is 13.3. The molecule has 0 saturated heterocycles. The Balaban J connectivity index is 2.39. The van der Waals surface area contributed by atoms with Crippen LogP contribution in [0.5, 0.6) is 0 Å². The minimum Gasteiger partial charge on any atom is -0.388 e. The zero-order valence-electron chi connectivity index (χ0n) is 12.7. The summed E-state index contributed by atoms with van der Waals surface area (Å²) in [5.41, 5.74) is -0.293. The van der Waals surface area contributed by atoms with Crippen LogP contribution in [-0.2, 0) is 16.1 Å². The van der Waals surface area contributed by atoms with Crippen LogP contribution in [0.2, 0.25) is 5.02 Å². The maximum atomic E-state index is 11.7. The molecule has 3 N–H and O–H groups in total. The smallest absolute Gasteiger partial charge is 0.309 e. The molecule has 0 spiro atoms. The van der Waals surface area contributed by atoms with Gasteiger partial charge in [-0.05, 0) is 37.0 Å². The predicted octanol–water partition coefficient (Wildman–Crippen LogP) is 1.58. The average Bonchev–Trinajstić information content (AvgIpc) is 2.49. The molecule has 1 aromatic carbocycles. The zero-order valence-corrected chi connectivity index (χ0v) is 14.3. The molecule has 2 amide bonds. The molecule has 1 rings (SSSR count). The molecule has 5 nitrogen and oxygen atoms in total. The van der Waals surface area contributed by atoms with E-state index in [-0.39, 0.29) is 13.1 Å². The van der Waals surface area contributed by atoms with E-state index in [9.17, 15) is 14.7 Å². The number of hydrogen-bond donors (Lipinski definition) is 3. The van der Waals surface area contributed by atoms with E-state index in [4.69, 9.17) is 11.6 Å². The van der Waals surface area contributed by atoms with Crippen molar-refractivity contribution >= 4 is 35.2 Å². The quantitative estimate of drug-likeness (QED) is 0.656. The van der Waals surface area contributed by atoms with Crippen molar-refractivity contribution in [3.8, 4) is 0 Å². The Labute approximate surface area is 139 Å². The summed E-state index contributed by atoms with van der Waals surface area (Å²) in [7, 11) is 0. The van der Waals surface area contributed by atoms with E-state index in [2.05, 4.69) is 10.6 Å². The van der Waals surface area contributed by atoms with Crippen LogP contribution in [0.3, 0.4) is 0 Å². The van der Waals surface area contributed by atoms with E-state index in [1.807, 2.05) is 6.26 Å². The highest BCUT2D eigenvalue weighted by Gasteiger charge is 2.22. The van der Waals surface area contributed by atoms with E-state index in [0.717, 1.165) is 11.3 Å². The first-order valence-electron chi connectivity index (χ1n) is 6.86. The summed E-state index contributed by atoms with van der Waals surface area (Å²) in [6.45, 7) is 1.84. The van der Waals surface area contributed by atoms with Crippen LogP contribution in [0.4, 0.5) is 0 Å². The summed E-state index contributed by atoms with van der Waals surface area (Å²) in [4.78, 5) is 23.4. The third-order valence-electron chi connectivity index (χ3n) is 3.08. The maximum absolute atomic E-state index is 11.7. The van der Waals surface area contributed by atoms with Gasteiger partial charge in [-0.2, -0.15) is 11.8 Å². The van der Waals surface area contributed by atoms with Gasteiger partial charge in [0.1, 0.15) is 0 Å². The Bertz CT molecular complexity index is 523. The highest BCUT2D eigenvalue weighted by atomic mass is 35.5. The van der Waals surface area contributed by atoms with E-state index < -0.39 is 17.4 Å². The van der Waals surface area contributed by atoms with Gasteiger partial charge in [0.25, 0.3) is 0 Å². The van der Waals surface area contributed by atoms with Gasteiger partial charge in [0.2, 0.25) is 0 Å². The van der Waals surface area contributed by atoms with Crippen molar-refractivity contribution in [3.63, 3.8) is 0 Å². The van der Waals surface area contributed by atoms with Crippen molar-refractivity contribution in [1.29, 1.82) is 0 Å². The Morgan fingerprint density at radius 2 is 1.91 bits per heavy atom. The largest absolute Gasteiger partial charge is 0.388 e. The molecule has 0 aromatic heterocycles. The lowest BCUT2D eigenvalue weighted by Gasteiger charge is -2.23. The van der Waals surface area contributed by atoms with Gasteiger partial charge in [0.15, 0.2) is 0 Å². The number of aliphatic hydroxyl groups is 1. The molecule has 7 heteroatoms. The topological polar surface area (TPSA) is 78.4 Å². The Morgan fingerprint density at radius 3 is 2.55 bits per heavy atom. The minimum atomic E-state index is -1.03. The number of benzene rings is 1. The first-order valence-corrected chi connectivity index (χ1v) is 8.63. The number of amides is 2. The van der Waals surface area contributed by atoms with Gasteiger partial charge in [-0.1, -0.05) is 29.8 Å². The van der Waals surface area contributed by atoms with E-state index in [0.29, 0.717) is 11.4 Å². The molecule has 0 aliphatic heterocycles. The first kappa shape index (κ1) is 18.8. The number of hydrogen-bond acceptors (Lipinski definition) is 4. The summed E-state index contributed by atoms with van der Waals surface area (Å²) in [6, 6.07) is 7.08. The molecule has 1 aromatic rings. The molecule has 0 radical (unpaired) electrons. The van der Waals surface area contributed by atoms with Crippen LogP contribution in [-0.4, -0.2) is 41.1 Å². The van der Waals surface area contributed by atoms with Gasteiger partial charge in [-0.3, -0.25) is 9.59 Å². The molecular weight excluding hydrogens is 324 g/mol. The maximum Gasteiger partial charge on any atom is 0.309 e. The lowest BCUT2D eigenvalue weighted by Crippen LogP contribution is -2.46. The second-order valence-electron chi connectivity index (χ2n) is 5.20. The van der Waals surface area contributed by atoms with E-state index >= 15 is 0 Å². The van der Waals surface area contributed by atoms with Gasteiger partial charge in [0.05, 0.1) is 5.60 Å². The minimum absolute atomic E-state index is 0.0336. The van der Waals surface area contributed by atoms with E-state index in [1.54, 1.807) is 43.0 Å². The van der Waals surface area contributed by atoms with Crippen molar-refractivity contribution in [2.75, 3.05) is 18.6 Å². The fourth-order valence-corrected chi connectivity index (χ4v) is 2.51. The van der Waals surface area contributed by atoms with Crippen LogP contribution in [0.15, 0.2) is 24.3 Å². The highest BCUT2D eigenvalue weighted by Crippen LogP contribution is 2.14. The summed E-state index contributed by atoms with van der Waals surface area (Å²) in [5, 5.41) is 15.5. The molecular formula is C15H21ClN2O3S. The molecule has 0 unspecified atom stereocenters. The third kappa shape index (κ3) is 6.68. The molecule has 0 heterocycles. The molecule has 0 aliphatic rings. The van der Waals surface area contributed by atoms with Crippen molar-refractivity contribution < 1.29 is 14.7 Å². The van der Waals surface area contributed by atoms with Crippen LogP contribution in [0.1, 0.15) is 18.9 Å². The Morgan fingerprint density at radius 1 is 1.27 bits per heavy atom. The van der Waals surface area contributed by atoms with E-state index in [1.165, 1.54) is 0 Å². The number of halogens is 1. The SMILES string of the molecule is CSCC[C@](C)(O)CNC(=O)C(=O)NCc1ccccc1Cl. The first-order chi connectivity index (χ1) is 10.4. The van der Waals surface area contributed by atoms with Crippen molar-refractivity contribution in [3.05, 3.63) is 34.9 Å². The molecule has 0 fully saturated rings. The number of carbonyl (C=O) groups excluding carboxylic acids is 2. The Kier molecular flexibility index (Phi) is 7.72. The third-order valence-corrected chi connectivity index (χ3v) is 4.06. The van der Waals surface area contributed by atoms with Crippen molar-refractivity contribution in [1.82, 2.24) is 10.6 Å². The Hall–Kier alpha value is -1.24. The van der Waals surface area contributed by atoms with Gasteiger partial charge >= 0.3 is 11.8 Å². The molecule has 0 bridgehead atoms. The lowest BCUT2D eigenvalue weighted by molar-refractivity contribution is -0.139. The molecule has 0 saturated carbocycles. The standard InChI is InChI=1S/C15H21ClN2O3S/c1-15(21,7-8-22-2)10-18-14(20)13(19)17-9-11-5-3-4-6-12(11)16/h3-6,21H,7-10H2,1-2H3,(H,17,19)(H,18,20)/t15-/m0/s1. The average molecular weight is 345 g/mol. The molecule has 0 aliphatic carbocycles. The van der Waals surface area contributed by atoms with Crippen LogP contribution in [0.25, 0.3) is 0 Å². The number of nitrogens with one attached hydrogen (secondary N) is 2. The summed E-state index contributed by atoms with van der Waals surface area (Å²) in [6.07, 6.45) is 2.48. The summed E-state index contributed by atoms with van der Waals surface area (Å²) in [5.74, 6) is -0.737. The fourth-order valence-electron chi connectivity index (χ4n) is 1.66. The van der Waals surface area contributed by atoms with Crippen molar-refractivity contribution in [2.24, 2.45) is 0 Å². The number of thioether (sulfide) groups is 1. The van der Waals surface area contributed by atoms with Gasteiger partial charge < -0.3 is 15.7 Å². The highest BCUT2D eigenvalue weighted by molar-refractivity contribution is 7.98. The fraction of sp³-hybridized carbons (Fsp3) is 0.467. The summed E-state index contributed by atoms with van der Waals surface area (Å²) < 4.78 is 0. The predicted molar refractivity (Wildman–Crippen MR) is 89.9 cm³/mol. The van der Waals surface area contributed by atoms with Crippen LogP contribution in [0, 0.1) is 0 Å². The number of carbonyl (C=O) groups is 2. The van der Waals surface area contributed by atoms with Gasteiger partial charge in [0, 0.05) is 18.1 Å². The van der Waals surface area contributed by atoms with Crippen molar-refractivity contribution in [2.45, 2.75) is 25.5 Å². The second kappa shape index (κ2) is 9.02. The summed E-state index contributed by atoms with van der Waals surface area (Å²) >= 11 is 7.58. The number of rotatable bonds is 7. The monoisotopic (exact) mass is 344 g/mol. The zero-order chi connectivity index (χ0) is 16.6. The lowest BCUT2D eigenvalue weighted by atomic mass is 10.0.